The normalized spacial score (nSPS) is 26.7. The minimum Gasteiger partial charge on any atom is -0.478 e. The lowest BCUT2D eigenvalue weighted by molar-refractivity contribution is -0.135. The zero-order chi connectivity index (χ0) is 14.0. The Labute approximate surface area is 113 Å². The van der Waals surface area contributed by atoms with Crippen molar-refractivity contribution >= 4 is 29.3 Å². The molecule has 0 bridgehead atoms. The number of halogens is 1. The SMILES string of the molecule is O=C(O)/C=C(\C(=O)O)C1(Cl)C=C2CNCCC2=NN1. The van der Waals surface area contributed by atoms with Crippen molar-refractivity contribution < 1.29 is 19.8 Å². The summed E-state index contributed by atoms with van der Waals surface area (Å²) < 4.78 is 0. The molecule has 2 aliphatic rings. The summed E-state index contributed by atoms with van der Waals surface area (Å²) in [6.07, 6.45) is 2.76. The first-order valence-corrected chi connectivity index (χ1v) is 5.94. The Kier molecular flexibility index (Phi) is 3.59. The lowest BCUT2D eigenvalue weighted by Crippen LogP contribution is -2.46. The zero-order valence-corrected chi connectivity index (χ0v) is 10.6. The molecule has 7 nitrogen and oxygen atoms in total. The molecule has 0 spiro atoms. The Hall–Kier alpha value is -1.86. The average Bonchev–Trinajstić information content (AvgIpc) is 2.35. The number of rotatable bonds is 3. The number of fused-ring (bicyclic) bond motifs is 1. The fourth-order valence-corrected chi connectivity index (χ4v) is 2.27. The van der Waals surface area contributed by atoms with E-state index < -0.39 is 22.5 Å². The third kappa shape index (κ3) is 2.77. The lowest BCUT2D eigenvalue weighted by Gasteiger charge is -2.31. The molecule has 2 heterocycles. The maximum atomic E-state index is 11.2. The van der Waals surface area contributed by atoms with E-state index in [1.54, 1.807) is 0 Å². The Morgan fingerprint density at radius 1 is 1.47 bits per heavy atom. The third-order valence-electron chi connectivity index (χ3n) is 2.84. The van der Waals surface area contributed by atoms with Gasteiger partial charge in [0.25, 0.3) is 0 Å². The third-order valence-corrected chi connectivity index (χ3v) is 3.24. The molecule has 102 valence electrons. The fraction of sp³-hybridized carbons (Fsp3) is 0.364. The van der Waals surface area contributed by atoms with Gasteiger partial charge >= 0.3 is 11.9 Å². The summed E-state index contributed by atoms with van der Waals surface area (Å²) in [7, 11) is 0. The van der Waals surface area contributed by atoms with E-state index >= 15 is 0 Å². The van der Waals surface area contributed by atoms with Crippen LogP contribution in [0.3, 0.4) is 0 Å². The van der Waals surface area contributed by atoms with Gasteiger partial charge in [-0.05, 0) is 11.6 Å². The van der Waals surface area contributed by atoms with Crippen LogP contribution in [-0.2, 0) is 9.59 Å². The summed E-state index contributed by atoms with van der Waals surface area (Å²) in [4.78, 5) is 20.2. The highest BCUT2D eigenvalue weighted by Gasteiger charge is 2.38. The highest BCUT2D eigenvalue weighted by Crippen LogP contribution is 2.29. The summed E-state index contributed by atoms with van der Waals surface area (Å²) >= 11 is 6.17. The van der Waals surface area contributed by atoms with Gasteiger partial charge in [-0.3, -0.25) is 5.43 Å². The lowest BCUT2D eigenvalue weighted by atomic mass is 9.96. The molecule has 0 saturated carbocycles. The minimum atomic E-state index is -1.65. The molecule has 0 aliphatic carbocycles. The van der Waals surface area contributed by atoms with E-state index in [1.165, 1.54) is 6.08 Å². The molecule has 1 fully saturated rings. The summed E-state index contributed by atoms with van der Waals surface area (Å²) in [6, 6.07) is 0. The van der Waals surface area contributed by atoms with Crippen LogP contribution in [0.25, 0.3) is 0 Å². The monoisotopic (exact) mass is 285 g/mol. The van der Waals surface area contributed by atoms with Crippen LogP contribution in [-0.4, -0.2) is 46.0 Å². The second-order valence-corrected chi connectivity index (χ2v) is 4.78. The van der Waals surface area contributed by atoms with Crippen molar-refractivity contribution in [3.8, 4) is 0 Å². The first kappa shape index (κ1) is 13.6. The number of piperidine rings is 1. The Morgan fingerprint density at radius 3 is 2.84 bits per heavy atom. The second kappa shape index (κ2) is 5.02. The van der Waals surface area contributed by atoms with Crippen LogP contribution in [0.1, 0.15) is 6.42 Å². The van der Waals surface area contributed by atoms with Crippen LogP contribution >= 0.6 is 11.6 Å². The molecule has 0 aromatic heterocycles. The van der Waals surface area contributed by atoms with Crippen molar-refractivity contribution in [3.63, 3.8) is 0 Å². The molecule has 2 aliphatic heterocycles. The molecule has 8 heteroatoms. The quantitative estimate of drug-likeness (QED) is 0.327. The molecule has 1 atom stereocenters. The number of carboxylic acid groups (broad SMARTS) is 2. The van der Waals surface area contributed by atoms with Gasteiger partial charge in [-0.2, -0.15) is 5.10 Å². The van der Waals surface area contributed by atoms with E-state index in [-0.39, 0.29) is 0 Å². The van der Waals surface area contributed by atoms with E-state index in [9.17, 15) is 9.59 Å². The van der Waals surface area contributed by atoms with E-state index in [2.05, 4.69) is 15.8 Å². The Balaban J connectivity index is 2.38. The van der Waals surface area contributed by atoms with Crippen LogP contribution in [0, 0.1) is 0 Å². The maximum absolute atomic E-state index is 11.2. The highest BCUT2D eigenvalue weighted by atomic mass is 35.5. The van der Waals surface area contributed by atoms with Gasteiger partial charge in [-0.25, -0.2) is 9.59 Å². The molecule has 0 aromatic rings. The number of hydrazone groups is 1. The minimum absolute atomic E-state index is 0.484. The highest BCUT2D eigenvalue weighted by molar-refractivity contribution is 6.31. The standard InChI is InChI=1S/C11H12ClN3O4/c12-11(7(10(18)19)3-9(16)17)4-6-5-13-2-1-8(6)14-15-11/h3-4,13,15H,1-2,5H2,(H,16,17)(H,18,19)/b7-3+. The predicted octanol–water partition coefficient (Wildman–Crippen LogP) is -0.104. The summed E-state index contributed by atoms with van der Waals surface area (Å²) in [5, 5.41) is 25.0. The largest absolute Gasteiger partial charge is 0.478 e. The van der Waals surface area contributed by atoms with Crippen molar-refractivity contribution in [2.75, 3.05) is 13.1 Å². The van der Waals surface area contributed by atoms with Gasteiger partial charge in [0.05, 0.1) is 11.3 Å². The number of aliphatic carboxylic acids is 2. The number of alkyl halides is 1. The molecule has 2 rings (SSSR count). The molecule has 0 amide bonds. The molecular weight excluding hydrogens is 274 g/mol. The molecule has 4 N–H and O–H groups in total. The van der Waals surface area contributed by atoms with Crippen molar-refractivity contribution in [1.82, 2.24) is 10.7 Å². The van der Waals surface area contributed by atoms with Gasteiger partial charge in [0, 0.05) is 25.6 Å². The molecule has 1 saturated heterocycles. The number of carboxylic acids is 2. The number of nitrogens with one attached hydrogen (secondary N) is 2. The molecule has 19 heavy (non-hydrogen) atoms. The smallest absolute Gasteiger partial charge is 0.335 e. The molecular formula is C11H12ClN3O4. The van der Waals surface area contributed by atoms with Gasteiger partial charge in [-0.15, -0.1) is 0 Å². The number of hydrogen-bond donors (Lipinski definition) is 4. The van der Waals surface area contributed by atoms with E-state index in [4.69, 9.17) is 21.8 Å². The first-order valence-electron chi connectivity index (χ1n) is 5.56. The van der Waals surface area contributed by atoms with Crippen LogP contribution < -0.4 is 10.7 Å². The Morgan fingerprint density at radius 2 is 2.21 bits per heavy atom. The predicted molar refractivity (Wildman–Crippen MR) is 68.1 cm³/mol. The van der Waals surface area contributed by atoms with Crippen LogP contribution in [0.2, 0.25) is 0 Å². The molecule has 0 radical (unpaired) electrons. The average molecular weight is 286 g/mol. The van der Waals surface area contributed by atoms with Gasteiger partial charge in [-0.1, -0.05) is 11.6 Å². The van der Waals surface area contributed by atoms with Crippen LogP contribution in [0.15, 0.2) is 28.4 Å². The van der Waals surface area contributed by atoms with Crippen molar-refractivity contribution in [2.24, 2.45) is 5.10 Å². The number of carbonyl (C=O) groups is 2. The van der Waals surface area contributed by atoms with Crippen molar-refractivity contribution in [1.29, 1.82) is 0 Å². The topological polar surface area (TPSA) is 111 Å². The molecule has 1 unspecified atom stereocenters. The van der Waals surface area contributed by atoms with Crippen LogP contribution in [0.5, 0.6) is 0 Å². The number of nitrogens with zero attached hydrogens (tertiary/aromatic N) is 1. The summed E-state index contributed by atoms with van der Waals surface area (Å²) in [6.45, 7) is 1.30. The number of hydrogen-bond acceptors (Lipinski definition) is 5. The zero-order valence-electron chi connectivity index (χ0n) is 9.81. The maximum Gasteiger partial charge on any atom is 0.335 e. The summed E-state index contributed by atoms with van der Waals surface area (Å²) in [5.74, 6) is -2.79. The van der Waals surface area contributed by atoms with Gasteiger partial charge < -0.3 is 15.5 Å². The van der Waals surface area contributed by atoms with Gasteiger partial charge in [0.15, 0.2) is 5.00 Å². The van der Waals surface area contributed by atoms with E-state index in [0.29, 0.717) is 19.0 Å². The molecule has 0 aromatic carbocycles. The van der Waals surface area contributed by atoms with Crippen LogP contribution in [0.4, 0.5) is 0 Å². The fourth-order valence-electron chi connectivity index (χ4n) is 1.96. The Bertz CT molecular complexity index is 526. The summed E-state index contributed by atoms with van der Waals surface area (Å²) in [5.41, 5.74) is 3.61. The van der Waals surface area contributed by atoms with Crippen molar-refractivity contribution in [2.45, 2.75) is 11.4 Å². The van der Waals surface area contributed by atoms with E-state index in [1.807, 2.05) is 0 Å². The first-order chi connectivity index (χ1) is 8.92. The van der Waals surface area contributed by atoms with Crippen molar-refractivity contribution in [3.05, 3.63) is 23.3 Å². The second-order valence-electron chi connectivity index (χ2n) is 4.18. The van der Waals surface area contributed by atoms with E-state index in [0.717, 1.165) is 17.8 Å². The van der Waals surface area contributed by atoms with Gasteiger partial charge in [0.2, 0.25) is 0 Å². The van der Waals surface area contributed by atoms with Gasteiger partial charge in [0.1, 0.15) is 0 Å².